The minimum Gasteiger partial charge on any atom is -0.321 e. The molecule has 1 amide bonds. The minimum atomic E-state index is -1.90. The standard InChI is InChI=1S/C27H32N2OSSi/c1-19(2)32(20(3)4,21(5)6)16-13-23(24-12-15-31-18-24)17-26(30)29-25-11-7-9-22-10-8-14-28-27(22)25/h7-12,14-15,17-21H,1-6H3,(H,29,30)/b23-17+. The molecule has 0 bridgehead atoms. The molecule has 0 fully saturated rings. The average molecular weight is 461 g/mol. The van der Waals surface area contributed by atoms with E-state index in [9.17, 15) is 4.79 Å². The molecule has 0 aliphatic heterocycles. The second kappa shape index (κ2) is 10.3. The van der Waals surface area contributed by atoms with E-state index in [4.69, 9.17) is 0 Å². The van der Waals surface area contributed by atoms with Crippen LogP contribution in [0.4, 0.5) is 5.69 Å². The van der Waals surface area contributed by atoms with Gasteiger partial charge in [0.2, 0.25) is 5.91 Å². The predicted octanol–water partition coefficient (Wildman–Crippen LogP) is 7.54. The zero-order valence-corrected chi connectivity index (χ0v) is 21.6. The van der Waals surface area contributed by atoms with E-state index >= 15 is 0 Å². The third-order valence-electron chi connectivity index (χ3n) is 6.28. The molecule has 0 radical (unpaired) electrons. The fourth-order valence-corrected chi connectivity index (χ4v) is 10.6. The number of nitrogens with one attached hydrogen (secondary N) is 1. The quantitative estimate of drug-likeness (QED) is 0.234. The lowest BCUT2D eigenvalue weighted by Gasteiger charge is -2.38. The first kappa shape index (κ1) is 24.0. The zero-order chi connectivity index (χ0) is 23.3. The van der Waals surface area contributed by atoms with Gasteiger partial charge in [-0.2, -0.15) is 11.3 Å². The number of thiophene rings is 1. The Morgan fingerprint density at radius 2 is 1.72 bits per heavy atom. The van der Waals surface area contributed by atoms with Crippen molar-refractivity contribution in [3.05, 3.63) is 65.0 Å². The number of amides is 1. The fourth-order valence-electron chi connectivity index (χ4n) is 4.72. The monoisotopic (exact) mass is 460 g/mol. The highest BCUT2D eigenvalue weighted by molar-refractivity contribution is 7.08. The van der Waals surface area contributed by atoms with Crippen LogP contribution in [0.25, 0.3) is 16.5 Å². The molecule has 0 aliphatic rings. The van der Waals surface area contributed by atoms with Gasteiger partial charge in [-0.3, -0.25) is 9.78 Å². The van der Waals surface area contributed by atoms with E-state index in [0.717, 1.165) is 22.0 Å². The number of nitrogens with zero attached hydrogens (tertiary/aromatic N) is 1. The van der Waals surface area contributed by atoms with Crippen molar-refractivity contribution in [3.8, 4) is 11.5 Å². The first-order valence-electron chi connectivity index (χ1n) is 11.2. The van der Waals surface area contributed by atoms with Gasteiger partial charge in [-0.25, -0.2) is 0 Å². The topological polar surface area (TPSA) is 42.0 Å². The van der Waals surface area contributed by atoms with Crippen LogP contribution >= 0.6 is 11.3 Å². The molecule has 0 aliphatic carbocycles. The Kier molecular flexibility index (Phi) is 7.71. The molecule has 0 saturated carbocycles. The summed E-state index contributed by atoms with van der Waals surface area (Å²) >= 11 is 1.61. The van der Waals surface area contributed by atoms with Gasteiger partial charge >= 0.3 is 0 Å². The second-order valence-corrected chi connectivity index (χ2v) is 15.4. The Morgan fingerprint density at radius 3 is 2.34 bits per heavy atom. The van der Waals surface area contributed by atoms with Crippen molar-refractivity contribution in [2.24, 2.45) is 0 Å². The molecule has 166 valence electrons. The molecule has 0 atom stereocenters. The summed E-state index contributed by atoms with van der Waals surface area (Å²) in [5.41, 5.74) is 8.62. The number of hydrogen-bond acceptors (Lipinski definition) is 3. The van der Waals surface area contributed by atoms with E-state index in [1.165, 1.54) is 0 Å². The molecule has 0 saturated heterocycles. The maximum Gasteiger partial charge on any atom is 0.249 e. The highest BCUT2D eigenvalue weighted by atomic mass is 32.1. The van der Waals surface area contributed by atoms with Crippen molar-refractivity contribution >= 4 is 47.5 Å². The van der Waals surface area contributed by atoms with Crippen molar-refractivity contribution in [2.75, 3.05) is 5.32 Å². The summed E-state index contributed by atoms with van der Waals surface area (Å²) in [5.74, 6) is 3.27. The highest BCUT2D eigenvalue weighted by Crippen LogP contribution is 2.41. The number of carbonyl (C=O) groups excluding carboxylic acids is 1. The molecular formula is C27H32N2OSSi. The molecule has 32 heavy (non-hydrogen) atoms. The third kappa shape index (κ3) is 5.03. The fraction of sp³-hybridized carbons (Fsp3) is 0.333. The van der Waals surface area contributed by atoms with E-state index in [0.29, 0.717) is 22.3 Å². The van der Waals surface area contributed by atoms with Crippen LogP contribution in [0.5, 0.6) is 0 Å². The second-order valence-electron chi connectivity index (χ2n) is 9.09. The maximum atomic E-state index is 13.0. The molecule has 3 rings (SSSR count). The molecule has 3 aromatic rings. The van der Waals surface area contributed by atoms with Crippen LogP contribution in [0.3, 0.4) is 0 Å². The van der Waals surface area contributed by atoms with Gasteiger partial charge in [-0.05, 0) is 45.6 Å². The Morgan fingerprint density at radius 1 is 1.03 bits per heavy atom. The lowest BCUT2D eigenvalue weighted by atomic mass is 10.1. The summed E-state index contributed by atoms with van der Waals surface area (Å²) < 4.78 is 0. The number of hydrogen-bond donors (Lipinski definition) is 1. The van der Waals surface area contributed by atoms with Gasteiger partial charge in [0.05, 0.1) is 11.2 Å². The van der Waals surface area contributed by atoms with E-state index < -0.39 is 8.07 Å². The maximum absolute atomic E-state index is 13.0. The molecule has 0 unspecified atom stereocenters. The molecular weight excluding hydrogens is 428 g/mol. The third-order valence-corrected chi connectivity index (χ3v) is 13.3. The van der Waals surface area contributed by atoms with Crippen molar-refractivity contribution in [1.82, 2.24) is 4.98 Å². The van der Waals surface area contributed by atoms with Crippen LogP contribution in [0, 0.1) is 11.5 Å². The molecule has 0 spiro atoms. The minimum absolute atomic E-state index is 0.190. The Balaban J connectivity index is 2.00. The van der Waals surface area contributed by atoms with Crippen molar-refractivity contribution < 1.29 is 4.79 Å². The van der Waals surface area contributed by atoms with E-state index in [1.807, 2.05) is 41.8 Å². The number of carbonyl (C=O) groups is 1. The molecule has 2 heterocycles. The molecule has 2 aromatic heterocycles. The summed E-state index contributed by atoms with van der Waals surface area (Å²) in [7, 11) is -1.90. The van der Waals surface area contributed by atoms with E-state index in [-0.39, 0.29) is 5.91 Å². The van der Waals surface area contributed by atoms with Gasteiger partial charge in [0.25, 0.3) is 0 Å². The van der Waals surface area contributed by atoms with Crippen LogP contribution in [-0.4, -0.2) is 19.0 Å². The largest absolute Gasteiger partial charge is 0.321 e. The number of aromatic nitrogens is 1. The van der Waals surface area contributed by atoms with Crippen molar-refractivity contribution in [2.45, 2.75) is 58.2 Å². The summed E-state index contributed by atoms with van der Waals surface area (Å²) in [5, 5.41) is 8.08. The number of benzene rings is 1. The summed E-state index contributed by atoms with van der Waals surface area (Å²) in [6, 6.07) is 11.7. The van der Waals surface area contributed by atoms with Crippen LogP contribution in [-0.2, 0) is 4.79 Å². The predicted molar refractivity (Wildman–Crippen MR) is 141 cm³/mol. The molecule has 1 N–H and O–H groups in total. The zero-order valence-electron chi connectivity index (χ0n) is 19.8. The molecule has 5 heteroatoms. The summed E-state index contributed by atoms with van der Waals surface area (Å²) in [4.78, 5) is 17.5. The number of anilines is 1. The number of para-hydroxylation sites is 1. The normalized spacial score (nSPS) is 12.3. The van der Waals surface area contributed by atoms with Gasteiger partial charge in [0.15, 0.2) is 0 Å². The van der Waals surface area contributed by atoms with Crippen LogP contribution in [0.15, 0.2) is 59.4 Å². The lowest BCUT2D eigenvalue weighted by Crippen LogP contribution is -2.43. The Bertz CT molecular complexity index is 1140. The van der Waals surface area contributed by atoms with Gasteiger partial charge in [-0.15, -0.1) is 5.54 Å². The highest BCUT2D eigenvalue weighted by Gasteiger charge is 2.41. The van der Waals surface area contributed by atoms with Crippen LogP contribution < -0.4 is 5.32 Å². The SMILES string of the molecule is CC(C)[Si](C#C/C(=C\C(=O)Nc1cccc2cccnc12)c1ccsc1)(C(C)C)C(C)C. The van der Waals surface area contributed by atoms with Crippen molar-refractivity contribution in [3.63, 3.8) is 0 Å². The smallest absolute Gasteiger partial charge is 0.249 e. The van der Waals surface area contributed by atoms with Gasteiger partial charge < -0.3 is 5.32 Å². The van der Waals surface area contributed by atoms with Gasteiger partial charge in [0, 0.05) is 28.8 Å². The van der Waals surface area contributed by atoms with Crippen LogP contribution in [0.1, 0.15) is 47.1 Å². The molecule has 1 aromatic carbocycles. The van der Waals surface area contributed by atoms with Gasteiger partial charge in [0.1, 0.15) is 8.07 Å². The van der Waals surface area contributed by atoms with E-state index in [1.54, 1.807) is 23.6 Å². The summed E-state index contributed by atoms with van der Waals surface area (Å²) in [6.45, 7) is 13.8. The van der Waals surface area contributed by atoms with Crippen LogP contribution in [0.2, 0.25) is 16.6 Å². The number of allylic oxidation sites excluding steroid dienone is 1. The van der Waals surface area contributed by atoms with Crippen molar-refractivity contribution in [1.29, 1.82) is 0 Å². The Hall–Kier alpha value is -2.68. The van der Waals surface area contributed by atoms with E-state index in [2.05, 4.69) is 68.7 Å². The first-order valence-corrected chi connectivity index (χ1v) is 14.3. The Labute approximate surface area is 197 Å². The number of pyridine rings is 1. The summed E-state index contributed by atoms with van der Waals surface area (Å²) in [6.07, 6.45) is 3.38. The van der Waals surface area contributed by atoms with Gasteiger partial charge in [-0.1, -0.05) is 65.7 Å². The molecule has 3 nitrogen and oxygen atoms in total. The number of rotatable bonds is 6. The number of fused-ring (bicyclic) bond motifs is 1. The lowest BCUT2D eigenvalue weighted by molar-refractivity contribution is -0.111. The average Bonchev–Trinajstić information content (AvgIpc) is 3.27. The first-order chi connectivity index (χ1) is 15.3.